The van der Waals surface area contributed by atoms with Crippen molar-refractivity contribution in [3.8, 4) is 23.1 Å². The van der Waals surface area contributed by atoms with Gasteiger partial charge in [-0.05, 0) is 44.0 Å². The Morgan fingerprint density at radius 3 is 2.59 bits per heavy atom. The number of pyridine rings is 1. The zero-order valence-corrected chi connectivity index (χ0v) is 18.7. The molecule has 0 unspecified atom stereocenters. The van der Waals surface area contributed by atoms with Crippen LogP contribution < -0.4 is 11.1 Å². The van der Waals surface area contributed by atoms with E-state index >= 15 is 0 Å². The number of aryl methyl sites for hydroxylation is 1. The number of hydrogen-bond donors (Lipinski definition) is 2. The van der Waals surface area contributed by atoms with Crippen LogP contribution in [0, 0.1) is 18.8 Å². The van der Waals surface area contributed by atoms with E-state index in [2.05, 4.69) is 32.1 Å². The third-order valence-corrected chi connectivity index (χ3v) is 5.64. The molecule has 1 saturated heterocycles. The van der Waals surface area contributed by atoms with Crippen LogP contribution in [0.2, 0.25) is 5.02 Å². The number of amides is 1. The minimum absolute atomic E-state index is 0.0463. The molecule has 1 fully saturated rings. The van der Waals surface area contributed by atoms with Crippen LogP contribution in [-0.4, -0.2) is 45.9 Å². The van der Waals surface area contributed by atoms with Crippen LogP contribution in [-0.2, 0) is 0 Å². The van der Waals surface area contributed by atoms with Crippen LogP contribution in [0.1, 0.15) is 40.0 Å². The number of nitrogen functional groups attached to an aromatic ring is 1. The quantitative estimate of drug-likeness (QED) is 0.594. The Morgan fingerprint density at radius 1 is 1.16 bits per heavy atom. The molecule has 3 aromatic rings. The third-order valence-electron chi connectivity index (χ3n) is 5.32. The Hall–Kier alpha value is -3.63. The van der Waals surface area contributed by atoms with Crippen LogP contribution in [0.5, 0.6) is 0 Å². The lowest BCUT2D eigenvalue weighted by molar-refractivity contribution is 0.0793. The second-order valence-corrected chi connectivity index (χ2v) is 7.92. The van der Waals surface area contributed by atoms with Crippen molar-refractivity contribution in [2.24, 2.45) is 0 Å². The van der Waals surface area contributed by atoms with E-state index in [1.807, 2.05) is 37.1 Å². The van der Waals surface area contributed by atoms with Crippen molar-refractivity contribution in [3.63, 3.8) is 0 Å². The minimum Gasteiger partial charge on any atom is -0.373 e. The molecule has 7 nitrogen and oxygen atoms in total. The SMILES string of the molecule is CNc1ccc(C#Cc2c(C)nc(N)nc2-c2ccc(C(=O)N3CCCC3)c(Cl)c2)cn1. The van der Waals surface area contributed by atoms with Crippen molar-refractivity contribution in [3.05, 3.63) is 63.9 Å². The lowest BCUT2D eigenvalue weighted by Gasteiger charge is -2.16. The van der Waals surface area contributed by atoms with Crippen molar-refractivity contribution >= 4 is 29.3 Å². The Balaban J connectivity index is 1.71. The van der Waals surface area contributed by atoms with Crippen molar-refractivity contribution in [2.45, 2.75) is 19.8 Å². The van der Waals surface area contributed by atoms with E-state index in [1.54, 1.807) is 18.3 Å². The van der Waals surface area contributed by atoms with Crippen molar-refractivity contribution in [1.82, 2.24) is 19.9 Å². The molecule has 0 radical (unpaired) electrons. The molecule has 8 heteroatoms. The van der Waals surface area contributed by atoms with Gasteiger partial charge in [0.1, 0.15) is 5.82 Å². The molecular weight excluding hydrogens is 424 g/mol. The maximum Gasteiger partial charge on any atom is 0.255 e. The summed E-state index contributed by atoms with van der Waals surface area (Å²) in [5.74, 6) is 7.13. The number of nitrogens with zero attached hydrogens (tertiary/aromatic N) is 4. The predicted molar refractivity (Wildman–Crippen MR) is 127 cm³/mol. The van der Waals surface area contributed by atoms with Crippen molar-refractivity contribution < 1.29 is 4.79 Å². The van der Waals surface area contributed by atoms with E-state index in [0.717, 1.165) is 42.9 Å². The zero-order valence-electron chi connectivity index (χ0n) is 17.9. The first kappa shape index (κ1) is 21.6. The van der Waals surface area contributed by atoms with Gasteiger partial charge in [0.25, 0.3) is 5.91 Å². The number of hydrogen-bond acceptors (Lipinski definition) is 6. The van der Waals surface area contributed by atoms with Gasteiger partial charge in [-0.3, -0.25) is 4.79 Å². The normalized spacial score (nSPS) is 12.9. The summed E-state index contributed by atoms with van der Waals surface area (Å²) < 4.78 is 0. The Labute approximate surface area is 192 Å². The number of likely N-dealkylation sites (tertiary alicyclic amines) is 1. The summed E-state index contributed by atoms with van der Waals surface area (Å²) in [6.45, 7) is 3.37. The van der Waals surface area contributed by atoms with E-state index in [0.29, 0.717) is 27.5 Å². The number of aromatic nitrogens is 3. The highest BCUT2D eigenvalue weighted by Gasteiger charge is 2.22. The number of benzene rings is 1. The fraction of sp³-hybridized carbons (Fsp3) is 0.250. The van der Waals surface area contributed by atoms with Gasteiger partial charge in [-0.1, -0.05) is 29.5 Å². The maximum atomic E-state index is 12.8. The lowest BCUT2D eigenvalue weighted by Crippen LogP contribution is -2.27. The van der Waals surface area contributed by atoms with Crippen LogP contribution in [0.15, 0.2) is 36.5 Å². The van der Waals surface area contributed by atoms with Gasteiger partial charge in [-0.15, -0.1) is 0 Å². The van der Waals surface area contributed by atoms with Gasteiger partial charge < -0.3 is 16.0 Å². The standard InChI is InChI=1S/C24H23ClN6O/c1-15-18(8-5-16-6-10-21(27-2)28-14-16)22(30-24(26)29-15)17-7-9-19(20(25)13-17)23(32)31-11-3-4-12-31/h6-7,9-10,13-14H,3-4,11-12H2,1-2H3,(H,27,28)(H2,26,29,30). The van der Waals surface area contributed by atoms with Gasteiger partial charge in [0.05, 0.1) is 27.5 Å². The fourth-order valence-electron chi connectivity index (χ4n) is 3.63. The van der Waals surface area contributed by atoms with Crippen LogP contribution in [0.4, 0.5) is 11.8 Å². The molecule has 0 aliphatic carbocycles. The molecule has 0 spiro atoms. The lowest BCUT2D eigenvalue weighted by atomic mass is 10.0. The Kier molecular flexibility index (Phi) is 6.24. The molecule has 2 aromatic heterocycles. The molecule has 1 aromatic carbocycles. The highest BCUT2D eigenvalue weighted by atomic mass is 35.5. The topological polar surface area (TPSA) is 97.0 Å². The van der Waals surface area contributed by atoms with Gasteiger partial charge in [0.15, 0.2) is 0 Å². The van der Waals surface area contributed by atoms with E-state index in [1.165, 1.54) is 0 Å². The summed E-state index contributed by atoms with van der Waals surface area (Å²) >= 11 is 6.51. The monoisotopic (exact) mass is 446 g/mol. The van der Waals surface area contributed by atoms with E-state index in [-0.39, 0.29) is 11.9 Å². The molecule has 162 valence electrons. The molecule has 1 amide bonds. The number of halogens is 1. The van der Waals surface area contributed by atoms with E-state index in [4.69, 9.17) is 17.3 Å². The highest BCUT2D eigenvalue weighted by Crippen LogP contribution is 2.29. The van der Waals surface area contributed by atoms with Crippen molar-refractivity contribution in [2.75, 3.05) is 31.2 Å². The first-order valence-corrected chi connectivity index (χ1v) is 10.7. The summed E-state index contributed by atoms with van der Waals surface area (Å²) in [5, 5.41) is 3.35. The third kappa shape index (κ3) is 4.51. The Morgan fingerprint density at radius 2 is 1.94 bits per heavy atom. The van der Waals surface area contributed by atoms with Gasteiger partial charge in [0, 0.05) is 37.5 Å². The average Bonchev–Trinajstić information content (AvgIpc) is 3.33. The maximum absolute atomic E-state index is 12.8. The molecule has 1 aliphatic rings. The first-order valence-electron chi connectivity index (χ1n) is 10.4. The summed E-state index contributed by atoms with van der Waals surface area (Å²) in [7, 11) is 1.81. The molecular formula is C24H23ClN6O. The van der Waals surface area contributed by atoms with Crippen molar-refractivity contribution in [1.29, 1.82) is 0 Å². The number of nitrogens with two attached hydrogens (primary N) is 1. The average molecular weight is 447 g/mol. The molecule has 4 rings (SSSR count). The fourth-order valence-corrected chi connectivity index (χ4v) is 3.89. The van der Waals surface area contributed by atoms with Gasteiger partial charge in [-0.25, -0.2) is 15.0 Å². The molecule has 32 heavy (non-hydrogen) atoms. The number of carbonyl (C=O) groups excluding carboxylic acids is 1. The highest BCUT2D eigenvalue weighted by molar-refractivity contribution is 6.34. The minimum atomic E-state index is -0.0463. The van der Waals surface area contributed by atoms with Gasteiger partial charge in [-0.2, -0.15) is 0 Å². The largest absolute Gasteiger partial charge is 0.373 e. The van der Waals surface area contributed by atoms with Crippen LogP contribution in [0.25, 0.3) is 11.3 Å². The summed E-state index contributed by atoms with van der Waals surface area (Å²) in [6, 6.07) is 9.04. The van der Waals surface area contributed by atoms with Gasteiger partial charge >= 0.3 is 0 Å². The van der Waals surface area contributed by atoms with Crippen LogP contribution in [0.3, 0.4) is 0 Å². The van der Waals surface area contributed by atoms with Gasteiger partial charge in [0.2, 0.25) is 5.95 Å². The Bertz CT molecular complexity index is 1220. The van der Waals surface area contributed by atoms with Crippen LogP contribution >= 0.6 is 11.6 Å². The molecule has 3 N–H and O–H groups in total. The summed E-state index contributed by atoms with van der Waals surface area (Å²) in [6.07, 6.45) is 3.74. The molecule has 0 bridgehead atoms. The number of carbonyl (C=O) groups is 1. The summed E-state index contributed by atoms with van der Waals surface area (Å²) in [5.41, 5.74) is 9.77. The number of anilines is 2. The first-order chi connectivity index (χ1) is 15.5. The molecule has 0 atom stereocenters. The molecule has 0 saturated carbocycles. The number of nitrogens with one attached hydrogen (secondary N) is 1. The smallest absolute Gasteiger partial charge is 0.255 e. The zero-order chi connectivity index (χ0) is 22.7. The number of rotatable bonds is 3. The molecule has 1 aliphatic heterocycles. The second-order valence-electron chi connectivity index (χ2n) is 7.52. The molecule has 3 heterocycles. The predicted octanol–water partition coefficient (Wildman–Crippen LogP) is 3.76. The second kappa shape index (κ2) is 9.25. The van der Waals surface area contributed by atoms with E-state index < -0.39 is 0 Å². The summed E-state index contributed by atoms with van der Waals surface area (Å²) in [4.78, 5) is 27.6. The van der Waals surface area contributed by atoms with E-state index in [9.17, 15) is 4.79 Å².